The third-order valence-electron chi connectivity index (χ3n) is 4.16. The molecule has 2 aliphatic heterocycles. The Balaban J connectivity index is 1.66. The maximum atomic E-state index is 11.4. The first-order valence-corrected chi connectivity index (χ1v) is 7.90. The summed E-state index contributed by atoms with van der Waals surface area (Å²) in [5.41, 5.74) is 1.24. The van der Waals surface area contributed by atoms with Crippen LogP contribution >= 0.6 is 11.3 Å². The molecule has 0 aromatic carbocycles. The molecule has 1 aromatic heterocycles. The van der Waals surface area contributed by atoms with Crippen molar-refractivity contribution >= 4 is 17.2 Å². The minimum atomic E-state index is 0.184. The molecule has 0 N–H and O–H groups in total. The summed E-state index contributed by atoms with van der Waals surface area (Å²) in [7, 11) is 0. The van der Waals surface area contributed by atoms with E-state index in [4.69, 9.17) is 9.72 Å². The van der Waals surface area contributed by atoms with Gasteiger partial charge in [0.2, 0.25) is 5.91 Å². The first kappa shape index (κ1) is 13.1. The Kier molecular flexibility index (Phi) is 3.84. The number of hydrogen-bond acceptors (Lipinski definition) is 4. The van der Waals surface area contributed by atoms with E-state index in [0.717, 1.165) is 45.6 Å². The van der Waals surface area contributed by atoms with Crippen LogP contribution in [0, 0.1) is 0 Å². The number of aromatic nitrogens is 1. The predicted molar refractivity (Wildman–Crippen MR) is 74.5 cm³/mol. The summed E-state index contributed by atoms with van der Waals surface area (Å²) in [6.07, 6.45) is 3.24. The highest BCUT2D eigenvalue weighted by molar-refractivity contribution is 7.09. The molecule has 104 valence electrons. The van der Waals surface area contributed by atoms with Crippen LogP contribution in [0.1, 0.15) is 48.7 Å². The molecule has 0 aliphatic carbocycles. The first-order chi connectivity index (χ1) is 9.24. The van der Waals surface area contributed by atoms with Gasteiger partial charge in [0.25, 0.3) is 0 Å². The van der Waals surface area contributed by atoms with Gasteiger partial charge in [-0.15, -0.1) is 11.3 Å². The summed E-state index contributed by atoms with van der Waals surface area (Å²) < 4.78 is 5.40. The minimum Gasteiger partial charge on any atom is -0.381 e. The Morgan fingerprint density at radius 3 is 2.84 bits per heavy atom. The number of amides is 1. The number of carbonyl (C=O) groups is 1. The molecule has 0 spiro atoms. The van der Waals surface area contributed by atoms with Crippen LogP contribution < -0.4 is 0 Å². The van der Waals surface area contributed by atoms with Crippen molar-refractivity contribution in [1.29, 1.82) is 0 Å². The van der Waals surface area contributed by atoms with Crippen molar-refractivity contribution in [2.24, 2.45) is 0 Å². The second kappa shape index (κ2) is 5.59. The summed E-state index contributed by atoms with van der Waals surface area (Å²) in [5, 5.41) is 3.42. The zero-order valence-electron chi connectivity index (χ0n) is 11.3. The van der Waals surface area contributed by atoms with Crippen LogP contribution in [-0.4, -0.2) is 42.1 Å². The molecule has 1 unspecified atom stereocenters. The normalized spacial score (nSPS) is 24.9. The number of carbonyl (C=O) groups excluding carboxylic acids is 1. The summed E-state index contributed by atoms with van der Waals surface area (Å²) in [4.78, 5) is 18.1. The molecular weight excluding hydrogens is 260 g/mol. The Bertz CT molecular complexity index is 454. The van der Waals surface area contributed by atoms with E-state index in [0.29, 0.717) is 11.8 Å². The van der Waals surface area contributed by atoms with E-state index < -0.39 is 0 Å². The lowest BCUT2D eigenvalue weighted by molar-refractivity contribution is -0.127. The van der Waals surface area contributed by atoms with Crippen molar-refractivity contribution in [2.45, 2.75) is 38.0 Å². The smallest absolute Gasteiger partial charge is 0.219 e. The molecule has 4 nitrogen and oxygen atoms in total. The monoisotopic (exact) mass is 280 g/mol. The Morgan fingerprint density at radius 1 is 1.37 bits per heavy atom. The highest BCUT2D eigenvalue weighted by atomic mass is 32.1. The Morgan fingerprint density at radius 2 is 2.16 bits per heavy atom. The van der Waals surface area contributed by atoms with E-state index in [2.05, 4.69) is 5.38 Å². The van der Waals surface area contributed by atoms with Gasteiger partial charge in [0.05, 0.1) is 10.7 Å². The van der Waals surface area contributed by atoms with Crippen molar-refractivity contribution in [2.75, 3.05) is 26.3 Å². The van der Waals surface area contributed by atoms with Gasteiger partial charge in [-0.1, -0.05) is 0 Å². The van der Waals surface area contributed by atoms with E-state index in [9.17, 15) is 4.79 Å². The van der Waals surface area contributed by atoms with E-state index in [1.807, 2.05) is 4.90 Å². The van der Waals surface area contributed by atoms with Crippen LogP contribution in [0.4, 0.5) is 0 Å². The molecule has 2 saturated heterocycles. The molecule has 3 heterocycles. The van der Waals surface area contributed by atoms with Gasteiger partial charge in [-0.25, -0.2) is 4.98 Å². The summed E-state index contributed by atoms with van der Waals surface area (Å²) >= 11 is 1.76. The number of hydrogen-bond donors (Lipinski definition) is 0. The van der Waals surface area contributed by atoms with Crippen molar-refractivity contribution in [1.82, 2.24) is 9.88 Å². The minimum absolute atomic E-state index is 0.184. The number of likely N-dealkylation sites (tertiary alicyclic amines) is 1. The van der Waals surface area contributed by atoms with Crippen LogP contribution in [0.2, 0.25) is 0 Å². The first-order valence-electron chi connectivity index (χ1n) is 7.02. The van der Waals surface area contributed by atoms with Crippen molar-refractivity contribution < 1.29 is 9.53 Å². The van der Waals surface area contributed by atoms with E-state index in [-0.39, 0.29) is 5.91 Å². The zero-order chi connectivity index (χ0) is 13.2. The number of thiazole rings is 1. The molecule has 1 aromatic rings. The summed E-state index contributed by atoms with van der Waals surface area (Å²) in [6.45, 7) is 5.10. The maximum Gasteiger partial charge on any atom is 0.219 e. The molecule has 2 fully saturated rings. The van der Waals surface area contributed by atoms with Gasteiger partial charge in [-0.2, -0.15) is 0 Å². The molecule has 0 radical (unpaired) electrons. The van der Waals surface area contributed by atoms with Crippen molar-refractivity contribution in [3.63, 3.8) is 0 Å². The van der Waals surface area contributed by atoms with Gasteiger partial charge in [0.1, 0.15) is 0 Å². The van der Waals surface area contributed by atoms with Gasteiger partial charge in [0.15, 0.2) is 0 Å². The SMILES string of the molecule is CC(=O)N1CCC(c2nc(C3CCOCC3)cs2)C1. The van der Waals surface area contributed by atoms with Crippen LogP contribution in [-0.2, 0) is 9.53 Å². The third kappa shape index (κ3) is 2.82. The third-order valence-corrected chi connectivity index (χ3v) is 5.19. The average molecular weight is 280 g/mol. The summed E-state index contributed by atoms with van der Waals surface area (Å²) in [5.74, 6) is 1.20. The number of nitrogens with zero attached hydrogens (tertiary/aromatic N) is 2. The molecular formula is C14H20N2O2S. The molecule has 2 aliphatic rings. The van der Waals surface area contributed by atoms with Crippen LogP contribution in [0.25, 0.3) is 0 Å². The molecule has 0 bridgehead atoms. The fourth-order valence-corrected chi connectivity index (χ4v) is 3.95. The number of rotatable bonds is 2. The Labute approximate surface area is 117 Å². The maximum absolute atomic E-state index is 11.4. The van der Waals surface area contributed by atoms with E-state index in [1.54, 1.807) is 18.3 Å². The van der Waals surface area contributed by atoms with Crippen LogP contribution in [0.3, 0.4) is 0 Å². The predicted octanol–water partition coefficient (Wildman–Crippen LogP) is 2.37. The van der Waals surface area contributed by atoms with Gasteiger partial charge in [0, 0.05) is 50.4 Å². The highest BCUT2D eigenvalue weighted by Crippen LogP contribution is 2.33. The van der Waals surface area contributed by atoms with Crippen molar-refractivity contribution in [3.05, 3.63) is 16.1 Å². The largest absolute Gasteiger partial charge is 0.381 e. The summed E-state index contributed by atoms with van der Waals surface area (Å²) in [6, 6.07) is 0. The molecule has 3 rings (SSSR count). The topological polar surface area (TPSA) is 42.4 Å². The number of ether oxygens (including phenoxy) is 1. The van der Waals surface area contributed by atoms with Gasteiger partial charge >= 0.3 is 0 Å². The second-order valence-corrected chi connectivity index (χ2v) is 6.34. The average Bonchev–Trinajstić information content (AvgIpc) is 3.09. The fourth-order valence-electron chi connectivity index (χ4n) is 2.92. The molecule has 0 saturated carbocycles. The van der Waals surface area contributed by atoms with Crippen LogP contribution in [0.5, 0.6) is 0 Å². The van der Waals surface area contributed by atoms with Gasteiger partial charge in [-0.3, -0.25) is 4.79 Å². The van der Waals surface area contributed by atoms with E-state index in [1.165, 1.54) is 10.7 Å². The standard InChI is InChI=1S/C14H20N2O2S/c1-10(17)16-5-2-12(8-16)14-15-13(9-19-14)11-3-6-18-7-4-11/h9,11-12H,2-8H2,1H3. The fraction of sp³-hybridized carbons (Fsp3) is 0.714. The van der Waals surface area contributed by atoms with Crippen LogP contribution in [0.15, 0.2) is 5.38 Å². The quantitative estimate of drug-likeness (QED) is 0.835. The van der Waals surface area contributed by atoms with Crippen molar-refractivity contribution in [3.8, 4) is 0 Å². The molecule has 1 atom stereocenters. The Hall–Kier alpha value is -0.940. The van der Waals surface area contributed by atoms with Gasteiger partial charge in [-0.05, 0) is 19.3 Å². The van der Waals surface area contributed by atoms with E-state index >= 15 is 0 Å². The molecule has 5 heteroatoms. The highest BCUT2D eigenvalue weighted by Gasteiger charge is 2.28. The zero-order valence-corrected chi connectivity index (χ0v) is 12.1. The molecule has 1 amide bonds. The lowest BCUT2D eigenvalue weighted by atomic mass is 9.97. The van der Waals surface area contributed by atoms with Gasteiger partial charge < -0.3 is 9.64 Å². The lowest BCUT2D eigenvalue weighted by Crippen LogP contribution is -2.25. The molecule has 19 heavy (non-hydrogen) atoms. The second-order valence-electron chi connectivity index (χ2n) is 5.45. The lowest BCUT2D eigenvalue weighted by Gasteiger charge is -2.20.